The van der Waals surface area contributed by atoms with Crippen molar-refractivity contribution in [2.45, 2.75) is 12.8 Å². The number of hydrogen-bond acceptors (Lipinski definition) is 5. The maximum Gasteiger partial charge on any atom is 0.224 e. The highest BCUT2D eigenvalue weighted by atomic mass is 19.1. The van der Waals surface area contributed by atoms with Crippen molar-refractivity contribution in [1.29, 1.82) is 10.5 Å². The van der Waals surface area contributed by atoms with E-state index in [9.17, 15) is 9.18 Å². The summed E-state index contributed by atoms with van der Waals surface area (Å²) in [5.74, 6) is -0.758. The number of halogens is 1. The minimum Gasteiger partial charge on any atom is -0.396 e. The zero-order valence-corrected chi connectivity index (χ0v) is 11.5. The summed E-state index contributed by atoms with van der Waals surface area (Å²) in [6.45, 7) is 0.799. The summed E-state index contributed by atoms with van der Waals surface area (Å²) < 4.78 is 13.0. The third-order valence-electron chi connectivity index (χ3n) is 2.75. The highest BCUT2D eigenvalue weighted by Crippen LogP contribution is 2.16. The molecule has 0 aliphatic heterocycles. The van der Waals surface area contributed by atoms with Gasteiger partial charge in [0, 0.05) is 18.7 Å². The molecule has 0 spiro atoms. The Morgan fingerprint density at radius 3 is 2.57 bits per heavy atom. The first-order valence-corrected chi connectivity index (χ1v) is 6.38. The van der Waals surface area contributed by atoms with Crippen molar-refractivity contribution >= 4 is 17.3 Å². The fourth-order valence-electron chi connectivity index (χ4n) is 1.72. The zero-order chi connectivity index (χ0) is 15.7. The Morgan fingerprint density at radius 2 is 2.00 bits per heavy atom. The van der Waals surface area contributed by atoms with Crippen LogP contribution in [0.3, 0.4) is 0 Å². The van der Waals surface area contributed by atoms with Gasteiger partial charge in [-0.05, 0) is 24.6 Å². The van der Waals surface area contributed by atoms with E-state index >= 15 is 0 Å². The number of benzene rings is 1. The van der Waals surface area contributed by atoms with Crippen LogP contribution in [-0.2, 0) is 4.79 Å². The van der Waals surface area contributed by atoms with Gasteiger partial charge in [0.25, 0.3) is 0 Å². The molecule has 0 radical (unpaired) electrons. The minimum absolute atomic E-state index is 0.0259. The van der Waals surface area contributed by atoms with E-state index in [0.29, 0.717) is 18.7 Å². The molecule has 0 saturated heterocycles. The first kappa shape index (κ1) is 16.4. The zero-order valence-electron chi connectivity index (χ0n) is 11.5. The van der Waals surface area contributed by atoms with Crippen LogP contribution in [0, 0.1) is 28.5 Å². The Bertz CT molecular complexity index is 560. The van der Waals surface area contributed by atoms with E-state index < -0.39 is 5.82 Å². The summed E-state index contributed by atoms with van der Waals surface area (Å²) in [6.07, 6.45) is 0.760. The normalized spacial score (nSPS) is 9.90. The summed E-state index contributed by atoms with van der Waals surface area (Å²) >= 11 is 0. The Balaban J connectivity index is 2.38. The van der Waals surface area contributed by atoms with Gasteiger partial charge in [-0.1, -0.05) is 0 Å². The van der Waals surface area contributed by atoms with E-state index in [1.54, 1.807) is 4.90 Å². The van der Waals surface area contributed by atoms with Crippen LogP contribution in [-0.4, -0.2) is 30.4 Å². The molecule has 0 atom stereocenters. The van der Waals surface area contributed by atoms with Crippen LogP contribution in [0.25, 0.3) is 0 Å². The second-order valence-electron chi connectivity index (χ2n) is 4.41. The first-order chi connectivity index (χ1) is 10.1. The molecule has 6 nitrogen and oxygen atoms in total. The molecule has 1 aromatic carbocycles. The minimum atomic E-state index is -0.531. The number of nitrogen functional groups attached to an aromatic ring is 1. The lowest BCUT2D eigenvalue weighted by Gasteiger charge is -2.14. The van der Waals surface area contributed by atoms with E-state index in [0.717, 1.165) is 0 Å². The molecule has 3 N–H and O–H groups in total. The topological polar surface area (TPSA) is 106 Å². The Labute approximate surface area is 122 Å². The van der Waals surface area contributed by atoms with Crippen LogP contribution in [0.15, 0.2) is 18.2 Å². The molecule has 0 saturated carbocycles. The molecular weight excluding hydrogens is 273 g/mol. The van der Waals surface area contributed by atoms with Crippen molar-refractivity contribution in [2.75, 3.05) is 30.7 Å². The maximum atomic E-state index is 13.0. The summed E-state index contributed by atoms with van der Waals surface area (Å²) in [7, 11) is 0. The van der Waals surface area contributed by atoms with Crippen LogP contribution in [0.5, 0.6) is 0 Å². The van der Waals surface area contributed by atoms with Gasteiger partial charge in [-0.15, -0.1) is 0 Å². The van der Waals surface area contributed by atoms with Crippen LogP contribution >= 0.6 is 0 Å². The highest BCUT2D eigenvalue weighted by Gasteiger charge is 2.07. The summed E-state index contributed by atoms with van der Waals surface area (Å²) in [4.78, 5) is 13.4. The number of rotatable bonds is 7. The predicted octanol–water partition coefficient (Wildman–Crippen LogP) is 1.48. The molecule has 0 fully saturated rings. The van der Waals surface area contributed by atoms with Crippen molar-refractivity contribution in [3.63, 3.8) is 0 Å². The van der Waals surface area contributed by atoms with Gasteiger partial charge in [-0.3, -0.25) is 9.69 Å². The lowest BCUT2D eigenvalue weighted by molar-refractivity contribution is -0.116. The highest BCUT2D eigenvalue weighted by molar-refractivity contribution is 5.91. The monoisotopic (exact) mass is 289 g/mol. The first-order valence-electron chi connectivity index (χ1n) is 6.38. The molecule has 0 unspecified atom stereocenters. The average molecular weight is 289 g/mol. The summed E-state index contributed by atoms with van der Waals surface area (Å²) in [6, 6.07) is 7.90. The number of nitriles is 2. The predicted molar refractivity (Wildman–Crippen MR) is 76.3 cm³/mol. The van der Waals surface area contributed by atoms with Crippen LogP contribution in [0.1, 0.15) is 12.8 Å². The Hall–Kier alpha value is -2.64. The van der Waals surface area contributed by atoms with Crippen molar-refractivity contribution < 1.29 is 9.18 Å². The average Bonchev–Trinajstić information content (AvgIpc) is 2.43. The van der Waals surface area contributed by atoms with Gasteiger partial charge in [-0.2, -0.15) is 10.5 Å². The van der Waals surface area contributed by atoms with Crippen molar-refractivity contribution in [2.24, 2.45) is 0 Å². The summed E-state index contributed by atoms with van der Waals surface area (Å²) in [5.41, 5.74) is 5.82. The third kappa shape index (κ3) is 5.89. The molecule has 1 amide bonds. The SMILES string of the molecule is N#CCN(CC#N)CCCC(=O)Nc1ccc(F)c(N)c1. The lowest BCUT2D eigenvalue weighted by atomic mass is 10.2. The molecule has 7 heteroatoms. The van der Waals surface area contributed by atoms with Gasteiger partial charge < -0.3 is 11.1 Å². The van der Waals surface area contributed by atoms with Crippen LogP contribution in [0.2, 0.25) is 0 Å². The smallest absolute Gasteiger partial charge is 0.224 e. The molecule has 0 aromatic heterocycles. The second kappa shape index (κ2) is 8.51. The standard InChI is InChI=1S/C14H16FN5O/c15-12-4-3-11(10-13(12)18)19-14(21)2-1-7-20(8-5-16)9-6-17/h3-4,10H,1-2,7-9,18H2,(H,19,21). The molecule has 21 heavy (non-hydrogen) atoms. The lowest BCUT2D eigenvalue weighted by Crippen LogP contribution is -2.26. The van der Waals surface area contributed by atoms with Gasteiger partial charge in [0.2, 0.25) is 5.91 Å². The molecule has 0 bridgehead atoms. The maximum absolute atomic E-state index is 13.0. The van der Waals surface area contributed by atoms with Crippen molar-refractivity contribution in [1.82, 2.24) is 4.90 Å². The summed E-state index contributed by atoms with van der Waals surface area (Å²) in [5, 5.41) is 19.8. The Kier molecular flexibility index (Phi) is 6.66. The third-order valence-corrected chi connectivity index (χ3v) is 2.75. The molecule has 0 heterocycles. The van der Waals surface area contributed by atoms with Crippen molar-refractivity contribution in [3.8, 4) is 12.1 Å². The second-order valence-corrected chi connectivity index (χ2v) is 4.41. The van der Waals surface area contributed by atoms with Crippen LogP contribution in [0.4, 0.5) is 15.8 Å². The number of nitrogens with one attached hydrogen (secondary N) is 1. The number of nitrogens with zero attached hydrogens (tertiary/aromatic N) is 3. The van der Waals surface area contributed by atoms with E-state index in [4.69, 9.17) is 16.3 Å². The van der Waals surface area contributed by atoms with Gasteiger partial charge in [0.1, 0.15) is 5.82 Å². The molecule has 1 aromatic rings. The quantitative estimate of drug-likeness (QED) is 0.584. The van der Waals surface area contributed by atoms with Gasteiger partial charge in [-0.25, -0.2) is 4.39 Å². The van der Waals surface area contributed by atoms with E-state index in [2.05, 4.69) is 5.32 Å². The number of hydrogen-bond donors (Lipinski definition) is 2. The number of nitrogens with two attached hydrogens (primary N) is 1. The molecule has 1 rings (SSSR count). The van der Waals surface area contributed by atoms with Crippen molar-refractivity contribution in [3.05, 3.63) is 24.0 Å². The number of carbonyl (C=O) groups is 1. The molecular formula is C14H16FN5O. The largest absolute Gasteiger partial charge is 0.396 e. The van der Waals surface area contributed by atoms with Crippen LogP contribution < -0.4 is 11.1 Å². The van der Waals surface area contributed by atoms with Gasteiger partial charge in [0.05, 0.1) is 30.9 Å². The fourth-order valence-corrected chi connectivity index (χ4v) is 1.72. The van der Waals surface area contributed by atoms with E-state index in [1.807, 2.05) is 12.1 Å². The fraction of sp³-hybridized carbons (Fsp3) is 0.357. The number of anilines is 2. The van der Waals surface area contributed by atoms with E-state index in [-0.39, 0.29) is 31.1 Å². The van der Waals surface area contributed by atoms with Gasteiger partial charge in [0.15, 0.2) is 0 Å². The molecule has 0 aliphatic carbocycles. The number of carbonyl (C=O) groups excluding carboxylic acids is 1. The van der Waals surface area contributed by atoms with E-state index in [1.165, 1.54) is 18.2 Å². The number of amides is 1. The molecule has 110 valence electrons. The molecule has 0 aliphatic rings. The van der Waals surface area contributed by atoms with Gasteiger partial charge >= 0.3 is 0 Å². The Morgan fingerprint density at radius 1 is 1.33 bits per heavy atom.